The first-order valence-electron chi connectivity index (χ1n) is 8.47. The highest BCUT2D eigenvalue weighted by molar-refractivity contribution is 6.04. The Morgan fingerprint density at radius 2 is 1.71 bits per heavy atom. The summed E-state index contributed by atoms with van der Waals surface area (Å²) in [4.78, 5) is 17.2. The zero-order chi connectivity index (χ0) is 16.7. The summed E-state index contributed by atoms with van der Waals surface area (Å²) in [7, 11) is 2.16. The monoisotopic (exact) mass is 322 g/mol. The Kier molecular flexibility index (Phi) is 3.87. The molecule has 1 aliphatic heterocycles. The van der Waals surface area contributed by atoms with Crippen LogP contribution >= 0.6 is 0 Å². The molecule has 1 aliphatic rings. The van der Waals surface area contributed by atoms with Crippen molar-refractivity contribution in [2.45, 2.75) is 13.5 Å². The van der Waals surface area contributed by atoms with Crippen molar-refractivity contribution in [3.63, 3.8) is 0 Å². The predicted molar refractivity (Wildman–Crippen MR) is 97.5 cm³/mol. The molecule has 4 nitrogen and oxygen atoms in total. The van der Waals surface area contributed by atoms with Crippen LogP contribution in [0.5, 0.6) is 0 Å². The summed E-state index contributed by atoms with van der Waals surface area (Å²) in [5, 5.41) is 2.66. The lowest BCUT2D eigenvalue weighted by atomic mass is 10.0. The molecule has 24 heavy (non-hydrogen) atoms. The lowest BCUT2D eigenvalue weighted by Gasteiger charge is -2.32. The predicted octanol–water partition coefficient (Wildman–Crippen LogP) is 3.00. The fraction of sp³-hybridized carbons (Fsp3) is 0.350. The molecule has 2 heterocycles. The Labute approximate surface area is 141 Å². The maximum atomic E-state index is 12.4. The Hall–Kier alpha value is -2.17. The second kappa shape index (κ2) is 6.04. The molecule has 1 saturated heterocycles. The molecule has 0 amide bonds. The second-order valence-electron chi connectivity index (χ2n) is 6.85. The minimum Gasteiger partial charge on any atom is -0.422 e. The summed E-state index contributed by atoms with van der Waals surface area (Å²) >= 11 is 0. The highest BCUT2D eigenvalue weighted by Gasteiger charge is 2.15. The molecular formula is C20H22N2O2. The SMILES string of the molecule is Cc1ccc2c(c1)oc(=O)c1cc(CN3CCN(C)CC3)ccc12. The average Bonchev–Trinajstić information content (AvgIpc) is 2.57. The minimum absolute atomic E-state index is 0.247. The van der Waals surface area contributed by atoms with Gasteiger partial charge in [0.1, 0.15) is 5.58 Å². The van der Waals surface area contributed by atoms with Crippen molar-refractivity contribution in [1.82, 2.24) is 9.80 Å². The van der Waals surface area contributed by atoms with Crippen molar-refractivity contribution >= 4 is 21.7 Å². The van der Waals surface area contributed by atoms with Crippen LogP contribution in [0.15, 0.2) is 45.6 Å². The van der Waals surface area contributed by atoms with Crippen LogP contribution in [-0.2, 0) is 6.54 Å². The van der Waals surface area contributed by atoms with E-state index >= 15 is 0 Å². The van der Waals surface area contributed by atoms with Gasteiger partial charge in [0.15, 0.2) is 0 Å². The van der Waals surface area contributed by atoms with Gasteiger partial charge in [-0.3, -0.25) is 4.90 Å². The first kappa shape index (κ1) is 15.4. The van der Waals surface area contributed by atoms with E-state index in [1.165, 1.54) is 5.56 Å². The van der Waals surface area contributed by atoms with Crippen molar-refractivity contribution in [3.8, 4) is 0 Å². The quantitative estimate of drug-likeness (QED) is 0.537. The molecule has 0 atom stereocenters. The molecule has 4 heteroatoms. The Bertz CT molecular complexity index is 953. The molecule has 3 aromatic rings. The standard InChI is InChI=1S/C20H22N2O2/c1-14-3-5-17-16-6-4-15(13-22-9-7-21(2)8-10-22)12-18(16)20(23)24-19(17)11-14/h3-6,11-12H,7-10,13H2,1-2H3. The average molecular weight is 322 g/mol. The summed E-state index contributed by atoms with van der Waals surface area (Å²) in [5.74, 6) is 0. The summed E-state index contributed by atoms with van der Waals surface area (Å²) in [6.07, 6.45) is 0. The van der Waals surface area contributed by atoms with E-state index in [-0.39, 0.29) is 5.63 Å². The van der Waals surface area contributed by atoms with Crippen LogP contribution in [0.3, 0.4) is 0 Å². The van der Waals surface area contributed by atoms with Gasteiger partial charge in [0, 0.05) is 38.1 Å². The zero-order valence-electron chi connectivity index (χ0n) is 14.2. The van der Waals surface area contributed by atoms with Crippen LogP contribution in [0.25, 0.3) is 21.7 Å². The van der Waals surface area contributed by atoms with E-state index in [1.54, 1.807) is 0 Å². The fourth-order valence-electron chi connectivity index (χ4n) is 3.45. The first-order chi connectivity index (χ1) is 11.6. The van der Waals surface area contributed by atoms with Gasteiger partial charge >= 0.3 is 5.63 Å². The van der Waals surface area contributed by atoms with E-state index in [0.717, 1.165) is 49.1 Å². The molecule has 1 fully saturated rings. The number of piperazine rings is 1. The molecule has 124 valence electrons. The van der Waals surface area contributed by atoms with E-state index in [9.17, 15) is 4.79 Å². The third-order valence-corrected chi connectivity index (χ3v) is 4.94. The van der Waals surface area contributed by atoms with Crippen molar-refractivity contribution in [1.29, 1.82) is 0 Å². The normalized spacial score (nSPS) is 16.9. The molecule has 0 saturated carbocycles. The van der Waals surface area contributed by atoms with E-state index in [0.29, 0.717) is 11.0 Å². The van der Waals surface area contributed by atoms with Crippen LogP contribution in [0.4, 0.5) is 0 Å². The van der Waals surface area contributed by atoms with Crippen LogP contribution in [0, 0.1) is 6.92 Å². The second-order valence-corrected chi connectivity index (χ2v) is 6.85. The topological polar surface area (TPSA) is 36.7 Å². The van der Waals surface area contributed by atoms with Crippen molar-refractivity contribution in [2.24, 2.45) is 0 Å². The zero-order valence-corrected chi connectivity index (χ0v) is 14.2. The fourth-order valence-corrected chi connectivity index (χ4v) is 3.45. The van der Waals surface area contributed by atoms with Gasteiger partial charge in [-0.05, 0) is 42.6 Å². The highest BCUT2D eigenvalue weighted by atomic mass is 16.4. The molecule has 4 rings (SSSR count). The molecule has 0 unspecified atom stereocenters. The van der Waals surface area contributed by atoms with E-state index in [1.807, 2.05) is 25.1 Å². The van der Waals surface area contributed by atoms with Gasteiger partial charge in [-0.15, -0.1) is 0 Å². The maximum absolute atomic E-state index is 12.4. The van der Waals surface area contributed by atoms with Crippen molar-refractivity contribution < 1.29 is 4.42 Å². The van der Waals surface area contributed by atoms with Crippen molar-refractivity contribution in [2.75, 3.05) is 33.2 Å². The smallest absolute Gasteiger partial charge is 0.344 e. The summed E-state index contributed by atoms with van der Waals surface area (Å²) in [5.41, 5.74) is 2.69. The number of fused-ring (bicyclic) bond motifs is 3. The number of hydrogen-bond acceptors (Lipinski definition) is 4. The molecular weight excluding hydrogens is 300 g/mol. The third-order valence-electron chi connectivity index (χ3n) is 4.94. The molecule has 2 aromatic carbocycles. The van der Waals surface area contributed by atoms with Gasteiger partial charge in [0.2, 0.25) is 0 Å². The molecule has 0 radical (unpaired) electrons. The van der Waals surface area contributed by atoms with Crippen LogP contribution in [0.1, 0.15) is 11.1 Å². The van der Waals surface area contributed by atoms with Gasteiger partial charge in [-0.2, -0.15) is 0 Å². The van der Waals surface area contributed by atoms with Gasteiger partial charge in [0.25, 0.3) is 0 Å². The van der Waals surface area contributed by atoms with Crippen LogP contribution in [0.2, 0.25) is 0 Å². The Morgan fingerprint density at radius 1 is 0.958 bits per heavy atom. The van der Waals surface area contributed by atoms with Gasteiger partial charge in [0.05, 0.1) is 5.39 Å². The molecule has 0 N–H and O–H groups in total. The molecule has 0 bridgehead atoms. The van der Waals surface area contributed by atoms with Crippen LogP contribution in [-0.4, -0.2) is 43.0 Å². The third kappa shape index (κ3) is 2.83. The van der Waals surface area contributed by atoms with Gasteiger partial charge in [-0.25, -0.2) is 4.79 Å². The van der Waals surface area contributed by atoms with E-state index in [2.05, 4.69) is 35.0 Å². The first-order valence-corrected chi connectivity index (χ1v) is 8.47. The van der Waals surface area contributed by atoms with Crippen LogP contribution < -0.4 is 5.63 Å². The summed E-state index contributed by atoms with van der Waals surface area (Å²) in [6.45, 7) is 7.22. The Morgan fingerprint density at radius 3 is 2.50 bits per heavy atom. The lowest BCUT2D eigenvalue weighted by Crippen LogP contribution is -2.43. The Balaban J connectivity index is 1.73. The van der Waals surface area contributed by atoms with Gasteiger partial charge in [-0.1, -0.05) is 24.3 Å². The summed E-state index contributed by atoms with van der Waals surface area (Å²) in [6, 6.07) is 12.2. The number of rotatable bonds is 2. The molecule has 0 spiro atoms. The molecule has 1 aromatic heterocycles. The molecule has 0 aliphatic carbocycles. The minimum atomic E-state index is -0.247. The van der Waals surface area contributed by atoms with E-state index in [4.69, 9.17) is 4.42 Å². The van der Waals surface area contributed by atoms with E-state index < -0.39 is 0 Å². The lowest BCUT2D eigenvalue weighted by molar-refractivity contribution is 0.148. The largest absolute Gasteiger partial charge is 0.422 e. The number of hydrogen-bond donors (Lipinski definition) is 0. The van der Waals surface area contributed by atoms with Crippen molar-refractivity contribution in [3.05, 3.63) is 57.9 Å². The highest BCUT2D eigenvalue weighted by Crippen LogP contribution is 2.25. The number of aryl methyl sites for hydroxylation is 1. The van der Waals surface area contributed by atoms with Gasteiger partial charge < -0.3 is 9.32 Å². The summed E-state index contributed by atoms with van der Waals surface area (Å²) < 4.78 is 5.54. The maximum Gasteiger partial charge on any atom is 0.344 e. The number of benzene rings is 2. The number of nitrogens with zero attached hydrogens (tertiary/aromatic N) is 2. The number of likely N-dealkylation sites (N-methyl/N-ethyl adjacent to an activating group) is 1.